The number of nitro groups is 1. The van der Waals surface area contributed by atoms with Gasteiger partial charge >= 0.3 is 0 Å². The van der Waals surface area contributed by atoms with Gasteiger partial charge in [0.1, 0.15) is 0 Å². The third-order valence-electron chi connectivity index (χ3n) is 6.01. The van der Waals surface area contributed by atoms with Gasteiger partial charge in [0, 0.05) is 16.8 Å². The molecule has 4 nitrogen and oxygen atoms in total. The van der Waals surface area contributed by atoms with Crippen molar-refractivity contribution in [2.24, 2.45) is 10.8 Å². The predicted octanol–water partition coefficient (Wildman–Crippen LogP) is 3.49. The zero-order valence-electron chi connectivity index (χ0n) is 12.6. The molecular weight excluding hydrogens is 266 g/mol. The first-order valence-electron chi connectivity index (χ1n) is 7.24. The lowest BCUT2D eigenvalue weighted by Gasteiger charge is -2.33. The minimum Gasteiger partial charge on any atom is -0.294 e. The summed E-state index contributed by atoms with van der Waals surface area (Å²) in [6.45, 7) is 5.62. The van der Waals surface area contributed by atoms with Crippen molar-refractivity contribution >= 4 is 11.9 Å². The fraction of sp³-hybridized carbons (Fsp3) is 0.471. The molecule has 1 aromatic rings. The van der Waals surface area contributed by atoms with Crippen LogP contribution in [0.5, 0.6) is 0 Å². The number of benzene rings is 1. The summed E-state index contributed by atoms with van der Waals surface area (Å²) in [7, 11) is 0. The maximum atomic E-state index is 12.8. The number of hydrogen-bond acceptors (Lipinski definition) is 3. The molecule has 2 saturated carbocycles. The Morgan fingerprint density at radius 3 is 2.33 bits per heavy atom. The van der Waals surface area contributed by atoms with E-state index in [4.69, 9.17) is 0 Å². The first kappa shape index (κ1) is 14.0. The predicted molar refractivity (Wildman–Crippen MR) is 80.3 cm³/mol. The molecule has 0 spiro atoms. The lowest BCUT2D eigenvalue weighted by atomic mass is 9.68. The van der Waals surface area contributed by atoms with E-state index in [2.05, 4.69) is 0 Å². The van der Waals surface area contributed by atoms with Gasteiger partial charge in [0.25, 0.3) is 5.54 Å². The first-order chi connectivity index (χ1) is 9.77. The van der Waals surface area contributed by atoms with E-state index in [1.807, 2.05) is 51.1 Å². The largest absolute Gasteiger partial charge is 0.294 e. The van der Waals surface area contributed by atoms with Crippen LogP contribution in [-0.4, -0.2) is 16.2 Å². The highest BCUT2D eigenvalue weighted by molar-refractivity contribution is 6.09. The molecule has 0 N–H and O–H groups in total. The van der Waals surface area contributed by atoms with Crippen LogP contribution in [0, 0.1) is 20.9 Å². The minimum atomic E-state index is -1.26. The molecule has 21 heavy (non-hydrogen) atoms. The highest BCUT2D eigenvalue weighted by Crippen LogP contribution is 2.69. The van der Waals surface area contributed by atoms with Crippen molar-refractivity contribution < 1.29 is 9.72 Å². The Morgan fingerprint density at radius 2 is 1.76 bits per heavy atom. The summed E-state index contributed by atoms with van der Waals surface area (Å²) in [5, 5.41) is 11.9. The maximum Gasteiger partial charge on any atom is 0.256 e. The molecule has 0 radical (unpaired) electrons. The van der Waals surface area contributed by atoms with Crippen LogP contribution in [0.3, 0.4) is 0 Å². The van der Waals surface area contributed by atoms with Gasteiger partial charge in [0.05, 0.1) is 11.0 Å². The Morgan fingerprint density at radius 1 is 1.14 bits per heavy atom. The molecule has 0 saturated heterocycles. The quantitative estimate of drug-likeness (QED) is 0.474. The van der Waals surface area contributed by atoms with Gasteiger partial charge in [0.15, 0.2) is 5.78 Å². The van der Waals surface area contributed by atoms with E-state index >= 15 is 0 Å². The summed E-state index contributed by atoms with van der Waals surface area (Å²) in [5.41, 5.74) is -1.34. The van der Waals surface area contributed by atoms with Crippen molar-refractivity contribution in [3.8, 4) is 0 Å². The summed E-state index contributed by atoms with van der Waals surface area (Å²) >= 11 is 0. The second kappa shape index (κ2) is 4.03. The van der Waals surface area contributed by atoms with E-state index < -0.39 is 16.4 Å². The third kappa shape index (κ3) is 1.42. The Labute approximate surface area is 124 Å². The van der Waals surface area contributed by atoms with E-state index in [1.165, 1.54) is 0 Å². The van der Waals surface area contributed by atoms with Crippen LogP contribution in [0.4, 0.5) is 0 Å². The fourth-order valence-corrected chi connectivity index (χ4v) is 4.18. The SMILES string of the molecule is CC12CCC([N+](=O)[O-])(C(=Cc3ccccc3)C1=O)C2(C)C. The smallest absolute Gasteiger partial charge is 0.256 e. The molecule has 1 aromatic carbocycles. The number of carbonyl (C=O) groups excluding carboxylic acids is 1. The van der Waals surface area contributed by atoms with Crippen molar-refractivity contribution in [1.29, 1.82) is 0 Å². The molecule has 2 aliphatic carbocycles. The van der Waals surface area contributed by atoms with Gasteiger partial charge in [-0.1, -0.05) is 51.1 Å². The van der Waals surface area contributed by atoms with Crippen molar-refractivity contribution in [1.82, 2.24) is 0 Å². The first-order valence-corrected chi connectivity index (χ1v) is 7.24. The molecule has 2 atom stereocenters. The van der Waals surface area contributed by atoms with Gasteiger partial charge in [0.2, 0.25) is 0 Å². The van der Waals surface area contributed by atoms with Crippen LogP contribution >= 0.6 is 0 Å². The van der Waals surface area contributed by atoms with E-state index in [-0.39, 0.29) is 10.7 Å². The van der Waals surface area contributed by atoms with Crippen LogP contribution in [-0.2, 0) is 4.79 Å². The molecule has 2 fully saturated rings. The molecular formula is C17H19NO3. The third-order valence-corrected chi connectivity index (χ3v) is 6.01. The number of nitrogens with zero attached hydrogens (tertiary/aromatic N) is 1. The van der Waals surface area contributed by atoms with Gasteiger partial charge in [-0.3, -0.25) is 14.9 Å². The highest BCUT2D eigenvalue weighted by atomic mass is 16.6. The van der Waals surface area contributed by atoms with Gasteiger partial charge in [-0.25, -0.2) is 0 Å². The van der Waals surface area contributed by atoms with Crippen molar-refractivity contribution in [3.05, 3.63) is 51.6 Å². The molecule has 2 aliphatic rings. The van der Waals surface area contributed by atoms with Crippen molar-refractivity contribution in [3.63, 3.8) is 0 Å². The minimum absolute atomic E-state index is 0.0562. The van der Waals surface area contributed by atoms with Crippen molar-refractivity contribution in [2.75, 3.05) is 0 Å². The van der Waals surface area contributed by atoms with Crippen molar-refractivity contribution in [2.45, 2.75) is 39.2 Å². The molecule has 0 heterocycles. The van der Waals surface area contributed by atoms with Crippen LogP contribution in [0.1, 0.15) is 39.2 Å². The Hall–Kier alpha value is -1.97. The summed E-state index contributed by atoms with van der Waals surface area (Å²) in [6.07, 6.45) is 2.75. The van der Waals surface area contributed by atoms with Crippen LogP contribution in [0.15, 0.2) is 35.9 Å². The maximum absolute atomic E-state index is 12.8. The normalized spacial score (nSPS) is 35.4. The van der Waals surface area contributed by atoms with E-state index in [9.17, 15) is 14.9 Å². The zero-order chi connectivity index (χ0) is 15.5. The lowest BCUT2D eigenvalue weighted by Crippen LogP contribution is -2.47. The molecule has 2 unspecified atom stereocenters. The molecule has 3 rings (SSSR count). The number of Topliss-reactive ketones (excluding diaryl/α,β-unsaturated/α-hetero) is 1. The topological polar surface area (TPSA) is 60.2 Å². The average Bonchev–Trinajstić information content (AvgIpc) is 2.72. The Bertz CT molecular complexity index is 662. The summed E-state index contributed by atoms with van der Waals surface area (Å²) in [6, 6.07) is 9.37. The van der Waals surface area contributed by atoms with Crippen LogP contribution in [0.25, 0.3) is 6.08 Å². The molecule has 4 heteroatoms. The standard InChI is InChI=1S/C17H19NO3/c1-15(2)16(3)9-10-17(15,18(20)21)13(14(16)19)11-12-7-5-4-6-8-12/h4-8,11H,9-10H2,1-3H3. The van der Waals surface area contributed by atoms with Crippen LogP contribution < -0.4 is 0 Å². The van der Waals surface area contributed by atoms with Gasteiger partial charge in [-0.15, -0.1) is 0 Å². The number of hydrogen-bond donors (Lipinski definition) is 0. The highest BCUT2D eigenvalue weighted by Gasteiger charge is 2.79. The van der Waals surface area contributed by atoms with Gasteiger partial charge in [-0.2, -0.15) is 0 Å². The Kier molecular flexibility index (Phi) is 2.68. The number of fused-ring (bicyclic) bond motifs is 2. The molecule has 2 bridgehead atoms. The van der Waals surface area contributed by atoms with Crippen LogP contribution in [0.2, 0.25) is 0 Å². The van der Waals surface area contributed by atoms with E-state index in [1.54, 1.807) is 6.08 Å². The van der Waals surface area contributed by atoms with Gasteiger partial charge in [-0.05, 0) is 18.1 Å². The number of rotatable bonds is 2. The summed E-state index contributed by atoms with van der Waals surface area (Å²) < 4.78 is 0. The van der Waals surface area contributed by atoms with E-state index in [0.29, 0.717) is 18.4 Å². The molecule has 0 aliphatic heterocycles. The fourth-order valence-electron chi connectivity index (χ4n) is 4.18. The van der Waals surface area contributed by atoms with Gasteiger partial charge < -0.3 is 0 Å². The Balaban J connectivity index is 2.24. The molecule has 110 valence electrons. The average molecular weight is 285 g/mol. The zero-order valence-corrected chi connectivity index (χ0v) is 12.6. The summed E-state index contributed by atoms with van der Waals surface area (Å²) in [5.74, 6) is -0.0562. The monoisotopic (exact) mass is 285 g/mol. The second-order valence-corrected chi connectivity index (χ2v) is 6.87. The lowest BCUT2D eigenvalue weighted by molar-refractivity contribution is -0.572. The number of ketones is 1. The van der Waals surface area contributed by atoms with E-state index in [0.717, 1.165) is 5.56 Å². The molecule has 0 amide bonds. The summed E-state index contributed by atoms with van der Waals surface area (Å²) in [4.78, 5) is 24.5. The number of carbonyl (C=O) groups is 1. The second-order valence-electron chi connectivity index (χ2n) is 6.87. The molecule has 0 aromatic heterocycles.